The molecular weight excluding hydrogens is 214 g/mol. The third-order valence-corrected chi connectivity index (χ3v) is 2.01. The molecule has 0 saturated heterocycles. The summed E-state index contributed by atoms with van der Waals surface area (Å²) in [5, 5.41) is 5.54. The van der Waals surface area contributed by atoms with Crippen LogP contribution in [0.4, 0.5) is 0 Å². The monoisotopic (exact) mass is 237 g/mol. The summed E-state index contributed by atoms with van der Waals surface area (Å²) in [6.45, 7) is 4.52. The van der Waals surface area contributed by atoms with E-state index in [-0.39, 0.29) is 0 Å². The third-order valence-electron chi connectivity index (χ3n) is 2.01. The average Bonchev–Trinajstić information content (AvgIpc) is 2.32. The largest absolute Gasteiger partial charge is 0.359 e. The highest BCUT2D eigenvalue weighted by molar-refractivity contribution is 5.45. The molecule has 0 aliphatic rings. The molecule has 0 radical (unpaired) electrons. The maximum absolute atomic E-state index is 9.29. The second-order valence-corrected chi connectivity index (χ2v) is 3.69. The van der Waals surface area contributed by atoms with Crippen LogP contribution < -0.4 is 10.6 Å². The number of carbonyl (C=O) groups is 1. The van der Waals surface area contributed by atoms with E-state index in [4.69, 9.17) is 0 Å². The Morgan fingerprint density at radius 3 is 2.35 bits per heavy atom. The summed E-state index contributed by atoms with van der Waals surface area (Å²) in [7, 11) is 4.06. The quantitative estimate of drug-likeness (QED) is 0.574. The Labute approximate surface area is 104 Å². The van der Waals surface area contributed by atoms with Gasteiger partial charge in [-0.1, -0.05) is 30.3 Å². The van der Waals surface area contributed by atoms with Crippen LogP contribution in [0.2, 0.25) is 0 Å². The number of rotatable bonds is 6. The van der Waals surface area contributed by atoms with Crippen LogP contribution in [0.3, 0.4) is 0 Å². The van der Waals surface area contributed by atoms with Gasteiger partial charge in [0.1, 0.15) is 0 Å². The van der Waals surface area contributed by atoms with E-state index in [1.165, 1.54) is 5.56 Å². The van der Waals surface area contributed by atoms with Crippen molar-refractivity contribution in [3.63, 3.8) is 0 Å². The molecule has 0 unspecified atom stereocenters. The molecule has 1 aromatic carbocycles. The molecule has 1 aromatic rings. The molecule has 0 bridgehead atoms. The lowest BCUT2D eigenvalue weighted by molar-refractivity contribution is -0.109. The SMILES string of the molecule is CCNC=O.CNCN(C)Cc1ccccc1. The Bertz CT molecular complexity index is 277. The molecule has 0 atom stereocenters. The van der Waals surface area contributed by atoms with Gasteiger partial charge in [-0.05, 0) is 26.6 Å². The molecule has 0 aromatic heterocycles. The van der Waals surface area contributed by atoms with Gasteiger partial charge in [-0.25, -0.2) is 0 Å². The van der Waals surface area contributed by atoms with Crippen molar-refractivity contribution in [1.29, 1.82) is 0 Å². The first-order chi connectivity index (χ1) is 8.24. The molecule has 2 N–H and O–H groups in total. The van der Waals surface area contributed by atoms with Crippen molar-refractivity contribution >= 4 is 6.41 Å². The fourth-order valence-electron chi connectivity index (χ4n) is 1.30. The normalized spacial score (nSPS) is 9.41. The Morgan fingerprint density at radius 2 is 1.94 bits per heavy atom. The lowest BCUT2D eigenvalue weighted by atomic mass is 10.2. The molecule has 0 saturated carbocycles. The molecule has 1 rings (SSSR count). The second-order valence-electron chi connectivity index (χ2n) is 3.69. The van der Waals surface area contributed by atoms with Gasteiger partial charge in [-0.3, -0.25) is 9.69 Å². The highest BCUT2D eigenvalue weighted by Crippen LogP contribution is 2.00. The highest BCUT2D eigenvalue weighted by atomic mass is 16.1. The average molecular weight is 237 g/mol. The number of benzene rings is 1. The molecule has 1 amide bonds. The minimum Gasteiger partial charge on any atom is -0.359 e. The lowest BCUT2D eigenvalue weighted by Gasteiger charge is -2.15. The van der Waals surface area contributed by atoms with Crippen molar-refractivity contribution in [1.82, 2.24) is 15.5 Å². The summed E-state index contributed by atoms with van der Waals surface area (Å²) in [5.41, 5.74) is 1.36. The zero-order chi connectivity index (χ0) is 12.9. The number of hydrogen-bond acceptors (Lipinski definition) is 3. The van der Waals surface area contributed by atoms with Crippen LogP contribution in [0.15, 0.2) is 30.3 Å². The number of nitrogens with zero attached hydrogens (tertiary/aromatic N) is 1. The topological polar surface area (TPSA) is 44.4 Å². The molecule has 0 fully saturated rings. The van der Waals surface area contributed by atoms with Crippen molar-refractivity contribution < 1.29 is 4.79 Å². The minimum atomic E-state index is 0.681. The molecule has 17 heavy (non-hydrogen) atoms. The molecule has 4 nitrogen and oxygen atoms in total. The molecule has 0 heterocycles. The highest BCUT2D eigenvalue weighted by Gasteiger charge is 1.96. The van der Waals surface area contributed by atoms with Gasteiger partial charge in [0, 0.05) is 19.8 Å². The van der Waals surface area contributed by atoms with Crippen LogP contribution in [0.5, 0.6) is 0 Å². The van der Waals surface area contributed by atoms with Crippen molar-refractivity contribution in [3.05, 3.63) is 35.9 Å². The van der Waals surface area contributed by atoms with Crippen LogP contribution >= 0.6 is 0 Å². The Kier molecular flexibility index (Phi) is 10.2. The van der Waals surface area contributed by atoms with Crippen LogP contribution in [0.1, 0.15) is 12.5 Å². The summed E-state index contributed by atoms with van der Waals surface area (Å²) >= 11 is 0. The molecule has 0 aliphatic carbocycles. The van der Waals surface area contributed by atoms with Crippen LogP contribution in [0, 0.1) is 0 Å². The van der Waals surface area contributed by atoms with E-state index in [0.29, 0.717) is 6.41 Å². The first kappa shape index (κ1) is 15.6. The maximum Gasteiger partial charge on any atom is 0.207 e. The minimum absolute atomic E-state index is 0.681. The van der Waals surface area contributed by atoms with E-state index >= 15 is 0 Å². The maximum atomic E-state index is 9.29. The van der Waals surface area contributed by atoms with Gasteiger partial charge in [0.2, 0.25) is 6.41 Å². The van der Waals surface area contributed by atoms with Gasteiger partial charge in [0.25, 0.3) is 0 Å². The Balaban J connectivity index is 0.000000437. The van der Waals surface area contributed by atoms with Crippen LogP contribution in [0.25, 0.3) is 0 Å². The van der Waals surface area contributed by atoms with E-state index in [1.807, 2.05) is 20.0 Å². The number of nitrogens with one attached hydrogen (secondary N) is 2. The zero-order valence-corrected chi connectivity index (χ0v) is 10.9. The zero-order valence-electron chi connectivity index (χ0n) is 10.9. The van der Waals surface area contributed by atoms with Crippen molar-refractivity contribution in [3.8, 4) is 0 Å². The summed E-state index contributed by atoms with van der Waals surface area (Å²) in [5.74, 6) is 0. The summed E-state index contributed by atoms with van der Waals surface area (Å²) in [4.78, 5) is 11.5. The molecule has 0 spiro atoms. The first-order valence-electron chi connectivity index (χ1n) is 5.78. The van der Waals surface area contributed by atoms with E-state index in [0.717, 1.165) is 19.8 Å². The van der Waals surface area contributed by atoms with E-state index in [1.54, 1.807) is 0 Å². The van der Waals surface area contributed by atoms with Crippen molar-refractivity contribution in [2.75, 3.05) is 27.3 Å². The third kappa shape index (κ3) is 9.53. The summed E-state index contributed by atoms with van der Waals surface area (Å²) in [6.07, 6.45) is 0.681. The van der Waals surface area contributed by atoms with Gasteiger partial charge in [0.05, 0.1) is 0 Å². The molecular formula is C13H23N3O. The lowest BCUT2D eigenvalue weighted by Crippen LogP contribution is -2.27. The Hall–Kier alpha value is -1.39. The van der Waals surface area contributed by atoms with E-state index in [2.05, 4.69) is 46.8 Å². The van der Waals surface area contributed by atoms with Crippen LogP contribution in [-0.4, -0.2) is 38.6 Å². The molecule has 0 aliphatic heterocycles. The van der Waals surface area contributed by atoms with E-state index < -0.39 is 0 Å². The fourth-order valence-corrected chi connectivity index (χ4v) is 1.30. The molecule has 96 valence electrons. The number of amides is 1. The van der Waals surface area contributed by atoms with Crippen molar-refractivity contribution in [2.45, 2.75) is 13.5 Å². The molecule has 4 heteroatoms. The van der Waals surface area contributed by atoms with E-state index in [9.17, 15) is 4.79 Å². The first-order valence-corrected chi connectivity index (χ1v) is 5.78. The summed E-state index contributed by atoms with van der Waals surface area (Å²) in [6, 6.07) is 10.5. The summed E-state index contributed by atoms with van der Waals surface area (Å²) < 4.78 is 0. The number of carbonyl (C=O) groups excluding carboxylic acids is 1. The predicted octanol–water partition coefficient (Wildman–Crippen LogP) is 1.05. The van der Waals surface area contributed by atoms with Crippen LogP contribution in [-0.2, 0) is 11.3 Å². The number of hydrogen-bond donors (Lipinski definition) is 2. The van der Waals surface area contributed by atoms with Gasteiger partial charge < -0.3 is 10.6 Å². The second kappa shape index (κ2) is 11.1. The standard InChI is InChI=1S/C10H16N2.C3H7NO/c1-11-9-12(2)8-10-6-4-3-5-7-10;1-2-4-3-5/h3-7,11H,8-9H2,1-2H3;3H,2H2,1H3,(H,4,5). The predicted molar refractivity (Wildman–Crippen MR) is 71.6 cm³/mol. The van der Waals surface area contributed by atoms with Gasteiger partial charge >= 0.3 is 0 Å². The van der Waals surface area contributed by atoms with Gasteiger partial charge in [-0.15, -0.1) is 0 Å². The fraction of sp³-hybridized carbons (Fsp3) is 0.462. The Morgan fingerprint density at radius 1 is 1.29 bits per heavy atom. The van der Waals surface area contributed by atoms with Gasteiger partial charge in [0.15, 0.2) is 0 Å². The van der Waals surface area contributed by atoms with Gasteiger partial charge in [-0.2, -0.15) is 0 Å². The van der Waals surface area contributed by atoms with Crippen molar-refractivity contribution in [2.24, 2.45) is 0 Å². The smallest absolute Gasteiger partial charge is 0.207 e.